The van der Waals surface area contributed by atoms with Crippen LogP contribution in [-0.4, -0.2) is 33.3 Å². The summed E-state index contributed by atoms with van der Waals surface area (Å²) in [6, 6.07) is 10.1. The summed E-state index contributed by atoms with van der Waals surface area (Å²) in [5, 5.41) is 16.2. The molecule has 0 bridgehead atoms. The second-order valence-electron chi connectivity index (χ2n) is 5.06. The van der Waals surface area contributed by atoms with E-state index in [-0.39, 0.29) is 6.04 Å². The molecule has 2 rings (SSSR count). The van der Waals surface area contributed by atoms with Crippen LogP contribution in [0.2, 0.25) is 0 Å². The van der Waals surface area contributed by atoms with Gasteiger partial charge in [0.1, 0.15) is 0 Å². The van der Waals surface area contributed by atoms with Crippen LogP contribution in [0, 0.1) is 0 Å². The van der Waals surface area contributed by atoms with Crippen molar-refractivity contribution in [2.24, 2.45) is 0 Å². The Hall–Kier alpha value is -1.75. The van der Waals surface area contributed by atoms with E-state index < -0.39 is 0 Å². The van der Waals surface area contributed by atoms with Gasteiger partial charge in [0.25, 0.3) is 0 Å². The molecule has 0 spiro atoms. The molecular formula is C15H23N5. The van der Waals surface area contributed by atoms with E-state index in [4.69, 9.17) is 0 Å². The van der Waals surface area contributed by atoms with E-state index in [1.54, 1.807) is 4.80 Å². The van der Waals surface area contributed by atoms with Gasteiger partial charge in [0.05, 0.1) is 6.04 Å². The summed E-state index contributed by atoms with van der Waals surface area (Å²) in [5.74, 6) is 0.684. The maximum atomic E-state index is 4.45. The zero-order valence-corrected chi connectivity index (χ0v) is 12.3. The molecule has 0 aliphatic heterocycles. The molecule has 5 heteroatoms. The zero-order valence-electron chi connectivity index (χ0n) is 12.3. The molecule has 1 atom stereocenters. The molecule has 1 heterocycles. The second kappa shape index (κ2) is 7.75. The van der Waals surface area contributed by atoms with Crippen molar-refractivity contribution in [1.82, 2.24) is 25.5 Å². The van der Waals surface area contributed by atoms with Crippen molar-refractivity contribution in [2.75, 3.05) is 13.1 Å². The van der Waals surface area contributed by atoms with E-state index in [0.29, 0.717) is 5.82 Å². The third-order valence-corrected chi connectivity index (χ3v) is 3.25. The SMILES string of the molecule is CCCCCNCC(C)n1nnc(-c2ccccc2)n1. The topological polar surface area (TPSA) is 55.6 Å². The molecule has 108 valence electrons. The first kappa shape index (κ1) is 14.7. The van der Waals surface area contributed by atoms with Crippen LogP contribution in [0.4, 0.5) is 0 Å². The highest BCUT2D eigenvalue weighted by molar-refractivity contribution is 5.52. The number of rotatable bonds is 8. The smallest absolute Gasteiger partial charge is 0.204 e. The number of aromatic nitrogens is 4. The van der Waals surface area contributed by atoms with Crippen LogP contribution in [0.5, 0.6) is 0 Å². The van der Waals surface area contributed by atoms with E-state index in [2.05, 4.69) is 34.6 Å². The number of unbranched alkanes of at least 4 members (excludes halogenated alkanes) is 2. The van der Waals surface area contributed by atoms with E-state index in [9.17, 15) is 0 Å². The van der Waals surface area contributed by atoms with Crippen LogP contribution in [0.25, 0.3) is 11.4 Å². The van der Waals surface area contributed by atoms with E-state index in [1.165, 1.54) is 19.3 Å². The lowest BCUT2D eigenvalue weighted by atomic mass is 10.2. The number of benzene rings is 1. The van der Waals surface area contributed by atoms with Gasteiger partial charge in [-0.3, -0.25) is 0 Å². The minimum absolute atomic E-state index is 0.210. The fraction of sp³-hybridized carbons (Fsp3) is 0.533. The van der Waals surface area contributed by atoms with Gasteiger partial charge in [-0.25, -0.2) is 0 Å². The standard InChI is InChI=1S/C15H23N5/c1-3-4-8-11-16-12-13(2)20-18-15(17-19-20)14-9-6-5-7-10-14/h5-7,9-10,13,16H,3-4,8,11-12H2,1-2H3. The molecule has 1 aromatic heterocycles. The lowest BCUT2D eigenvalue weighted by Crippen LogP contribution is -2.25. The number of nitrogens with one attached hydrogen (secondary N) is 1. The highest BCUT2D eigenvalue weighted by Gasteiger charge is 2.10. The number of hydrogen-bond donors (Lipinski definition) is 1. The van der Waals surface area contributed by atoms with Crippen molar-refractivity contribution in [2.45, 2.75) is 39.2 Å². The van der Waals surface area contributed by atoms with E-state index >= 15 is 0 Å². The molecule has 2 aromatic rings. The molecular weight excluding hydrogens is 250 g/mol. The maximum Gasteiger partial charge on any atom is 0.204 e. The summed E-state index contributed by atoms with van der Waals surface area (Å²) in [5.41, 5.74) is 1.00. The summed E-state index contributed by atoms with van der Waals surface area (Å²) in [4.78, 5) is 1.69. The summed E-state index contributed by atoms with van der Waals surface area (Å²) in [7, 11) is 0. The minimum atomic E-state index is 0.210. The van der Waals surface area contributed by atoms with Crippen LogP contribution < -0.4 is 5.32 Å². The van der Waals surface area contributed by atoms with Gasteiger partial charge in [-0.2, -0.15) is 4.80 Å². The Morgan fingerprint density at radius 2 is 2.00 bits per heavy atom. The Kier molecular flexibility index (Phi) is 5.68. The van der Waals surface area contributed by atoms with Crippen LogP contribution >= 0.6 is 0 Å². The fourth-order valence-corrected chi connectivity index (χ4v) is 2.01. The number of tetrazole rings is 1. The second-order valence-corrected chi connectivity index (χ2v) is 5.06. The Labute approximate surface area is 120 Å². The van der Waals surface area contributed by atoms with Gasteiger partial charge in [0.2, 0.25) is 5.82 Å². The average Bonchev–Trinajstić information content (AvgIpc) is 2.98. The number of nitrogens with zero attached hydrogens (tertiary/aromatic N) is 4. The fourth-order valence-electron chi connectivity index (χ4n) is 2.01. The van der Waals surface area contributed by atoms with Gasteiger partial charge in [0.15, 0.2) is 0 Å². The van der Waals surface area contributed by atoms with Crippen molar-refractivity contribution in [1.29, 1.82) is 0 Å². The molecule has 0 saturated carbocycles. The first-order valence-corrected chi connectivity index (χ1v) is 7.37. The predicted molar refractivity (Wildman–Crippen MR) is 80.4 cm³/mol. The average molecular weight is 273 g/mol. The van der Waals surface area contributed by atoms with Gasteiger partial charge in [0, 0.05) is 12.1 Å². The third-order valence-electron chi connectivity index (χ3n) is 3.25. The summed E-state index contributed by atoms with van der Waals surface area (Å²) in [6.45, 7) is 6.24. The van der Waals surface area contributed by atoms with Crippen molar-refractivity contribution >= 4 is 0 Å². The Balaban J connectivity index is 1.85. The van der Waals surface area contributed by atoms with Crippen molar-refractivity contribution in [3.63, 3.8) is 0 Å². The minimum Gasteiger partial charge on any atom is -0.315 e. The molecule has 0 amide bonds. The Bertz CT molecular complexity index is 494. The first-order valence-electron chi connectivity index (χ1n) is 7.37. The van der Waals surface area contributed by atoms with Crippen molar-refractivity contribution in [3.05, 3.63) is 30.3 Å². The quantitative estimate of drug-likeness (QED) is 0.751. The molecule has 0 aliphatic carbocycles. The summed E-state index contributed by atoms with van der Waals surface area (Å²) in [6.07, 6.45) is 3.76. The highest BCUT2D eigenvalue weighted by atomic mass is 15.6. The van der Waals surface area contributed by atoms with Gasteiger partial charge in [-0.15, -0.1) is 10.2 Å². The number of hydrogen-bond acceptors (Lipinski definition) is 4. The summed E-state index contributed by atoms with van der Waals surface area (Å²) >= 11 is 0. The molecule has 0 aliphatic rings. The largest absolute Gasteiger partial charge is 0.315 e. The van der Waals surface area contributed by atoms with Crippen molar-refractivity contribution in [3.8, 4) is 11.4 Å². The predicted octanol–water partition coefficient (Wildman–Crippen LogP) is 2.68. The van der Waals surface area contributed by atoms with E-state index in [1.807, 2.05) is 30.3 Å². The normalized spacial score (nSPS) is 12.5. The summed E-state index contributed by atoms with van der Waals surface area (Å²) < 4.78 is 0. The van der Waals surface area contributed by atoms with Crippen molar-refractivity contribution < 1.29 is 0 Å². The molecule has 0 radical (unpaired) electrons. The van der Waals surface area contributed by atoms with E-state index in [0.717, 1.165) is 18.7 Å². The van der Waals surface area contributed by atoms with Crippen LogP contribution in [-0.2, 0) is 0 Å². The molecule has 5 nitrogen and oxygen atoms in total. The molecule has 1 aromatic carbocycles. The zero-order chi connectivity index (χ0) is 14.2. The Morgan fingerprint density at radius 1 is 1.20 bits per heavy atom. The van der Waals surface area contributed by atoms with Gasteiger partial charge in [-0.1, -0.05) is 50.1 Å². The molecule has 0 saturated heterocycles. The molecule has 1 N–H and O–H groups in total. The molecule has 1 unspecified atom stereocenters. The van der Waals surface area contributed by atoms with Gasteiger partial charge in [-0.05, 0) is 25.1 Å². The van der Waals surface area contributed by atoms with Gasteiger partial charge >= 0.3 is 0 Å². The Morgan fingerprint density at radius 3 is 2.75 bits per heavy atom. The van der Waals surface area contributed by atoms with Crippen LogP contribution in [0.15, 0.2) is 30.3 Å². The monoisotopic (exact) mass is 273 g/mol. The third kappa shape index (κ3) is 4.13. The van der Waals surface area contributed by atoms with Crippen LogP contribution in [0.3, 0.4) is 0 Å². The van der Waals surface area contributed by atoms with Gasteiger partial charge < -0.3 is 5.32 Å². The lowest BCUT2D eigenvalue weighted by Gasteiger charge is -2.10. The first-order chi connectivity index (χ1) is 9.81. The highest BCUT2D eigenvalue weighted by Crippen LogP contribution is 2.13. The molecule has 0 fully saturated rings. The molecule has 20 heavy (non-hydrogen) atoms. The van der Waals surface area contributed by atoms with Crippen LogP contribution in [0.1, 0.15) is 39.2 Å². The lowest BCUT2D eigenvalue weighted by molar-refractivity contribution is 0.399. The maximum absolute atomic E-state index is 4.45.